The fourth-order valence-corrected chi connectivity index (χ4v) is 2.34. The van der Waals surface area contributed by atoms with Gasteiger partial charge >= 0.3 is 0 Å². The van der Waals surface area contributed by atoms with Gasteiger partial charge in [-0.3, -0.25) is 0 Å². The monoisotopic (exact) mass is 277 g/mol. The lowest BCUT2D eigenvalue weighted by Gasteiger charge is -2.23. The quantitative estimate of drug-likeness (QED) is 0.935. The third-order valence-electron chi connectivity index (χ3n) is 2.78. The molecule has 0 fully saturated rings. The van der Waals surface area contributed by atoms with Crippen LogP contribution in [0.25, 0.3) is 0 Å². The number of nitrogen functional groups attached to an aromatic ring is 1. The van der Waals surface area contributed by atoms with Gasteiger partial charge in [0.1, 0.15) is 12.4 Å². The van der Waals surface area contributed by atoms with Crippen molar-refractivity contribution < 1.29 is 4.74 Å². The van der Waals surface area contributed by atoms with Gasteiger partial charge < -0.3 is 10.5 Å². The summed E-state index contributed by atoms with van der Waals surface area (Å²) >= 11 is 1.35. The summed E-state index contributed by atoms with van der Waals surface area (Å²) in [5, 5.41) is 9.00. The molecule has 2 aromatic rings. The molecule has 4 nitrogen and oxygen atoms in total. The van der Waals surface area contributed by atoms with Crippen molar-refractivity contribution in [3.8, 4) is 5.75 Å². The van der Waals surface area contributed by atoms with E-state index < -0.39 is 0 Å². The summed E-state index contributed by atoms with van der Waals surface area (Å²) < 4.78 is 5.87. The fourth-order valence-electron chi connectivity index (χ4n) is 1.82. The average molecular weight is 277 g/mol. The van der Waals surface area contributed by atoms with Crippen LogP contribution in [0.5, 0.6) is 5.75 Å². The number of ether oxygens (including phenoxy) is 1. The number of nitrogens with zero attached hydrogens (tertiary/aromatic N) is 2. The SMILES string of the molecule is Cc1ccc(OCc2nnc(N)s2)c(C(C)(C)C)c1. The normalized spacial score (nSPS) is 11.6. The molecule has 0 bridgehead atoms. The molecule has 0 amide bonds. The predicted molar refractivity (Wildman–Crippen MR) is 78.5 cm³/mol. The third kappa shape index (κ3) is 3.44. The highest BCUT2D eigenvalue weighted by molar-refractivity contribution is 7.15. The Morgan fingerprint density at radius 3 is 2.58 bits per heavy atom. The summed E-state index contributed by atoms with van der Waals surface area (Å²) in [5.74, 6) is 0.895. The number of anilines is 1. The minimum absolute atomic E-state index is 0.0432. The first-order valence-corrected chi connectivity index (χ1v) is 7.00. The molecule has 102 valence electrons. The van der Waals surface area contributed by atoms with Crippen LogP contribution in [0, 0.1) is 6.92 Å². The van der Waals surface area contributed by atoms with Crippen molar-refractivity contribution in [3.05, 3.63) is 34.3 Å². The number of rotatable bonds is 3. The summed E-state index contributed by atoms with van der Waals surface area (Å²) in [6, 6.07) is 6.24. The molecule has 1 aromatic heterocycles. The van der Waals surface area contributed by atoms with Crippen molar-refractivity contribution in [2.24, 2.45) is 0 Å². The molecule has 0 saturated carbocycles. The Balaban J connectivity index is 2.20. The van der Waals surface area contributed by atoms with Crippen molar-refractivity contribution >= 4 is 16.5 Å². The van der Waals surface area contributed by atoms with Gasteiger partial charge in [0.15, 0.2) is 5.01 Å². The molecular formula is C14H19N3OS. The maximum atomic E-state index is 5.87. The van der Waals surface area contributed by atoms with E-state index in [1.807, 2.05) is 6.07 Å². The van der Waals surface area contributed by atoms with Crippen molar-refractivity contribution in [1.29, 1.82) is 0 Å². The van der Waals surface area contributed by atoms with Crippen molar-refractivity contribution in [2.75, 3.05) is 5.73 Å². The lowest BCUT2D eigenvalue weighted by atomic mass is 9.85. The highest BCUT2D eigenvalue weighted by Crippen LogP contribution is 2.32. The molecule has 0 aliphatic carbocycles. The second-order valence-electron chi connectivity index (χ2n) is 5.57. The fraction of sp³-hybridized carbons (Fsp3) is 0.429. The number of nitrogens with two attached hydrogens (primary N) is 1. The standard InChI is InChI=1S/C14H19N3OS/c1-9-5-6-11(10(7-9)14(2,3)4)18-8-12-16-17-13(15)19-12/h5-7H,8H2,1-4H3,(H2,15,17). The molecule has 1 aromatic carbocycles. The Morgan fingerprint density at radius 2 is 2.00 bits per heavy atom. The number of aromatic nitrogens is 2. The first-order valence-electron chi connectivity index (χ1n) is 6.18. The minimum atomic E-state index is 0.0432. The van der Waals surface area contributed by atoms with Crippen LogP contribution in [0.2, 0.25) is 0 Å². The molecular weight excluding hydrogens is 258 g/mol. The van der Waals surface area contributed by atoms with Crippen LogP contribution in [-0.2, 0) is 12.0 Å². The van der Waals surface area contributed by atoms with E-state index in [-0.39, 0.29) is 5.41 Å². The molecule has 0 saturated heterocycles. The van der Waals surface area contributed by atoms with E-state index in [9.17, 15) is 0 Å². The van der Waals surface area contributed by atoms with Gasteiger partial charge in [0.2, 0.25) is 5.13 Å². The van der Waals surface area contributed by atoms with E-state index in [0.29, 0.717) is 11.7 Å². The molecule has 5 heteroatoms. The topological polar surface area (TPSA) is 61.0 Å². The molecule has 0 aliphatic heterocycles. The van der Waals surface area contributed by atoms with Gasteiger partial charge in [-0.1, -0.05) is 49.8 Å². The highest BCUT2D eigenvalue weighted by Gasteiger charge is 2.19. The van der Waals surface area contributed by atoms with Crippen LogP contribution in [0.3, 0.4) is 0 Å². The van der Waals surface area contributed by atoms with Gasteiger partial charge in [0.05, 0.1) is 0 Å². The van der Waals surface area contributed by atoms with Crippen LogP contribution in [0.4, 0.5) is 5.13 Å². The second-order valence-corrected chi connectivity index (χ2v) is 6.67. The largest absolute Gasteiger partial charge is 0.486 e. The Kier molecular flexibility index (Phi) is 3.75. The van der Waals surface area contributed by atoms with E-state index >= 15 is 0 Å². The maximum absolute atomic E-state index is 5.87. The summed E-state index contributed by atoms with van der Waals surface area (Å²) in [4.78, 5) is 0. The molecule has 1 heterocycles. The minimum Gasteiger partial charge on any atom is -0.486 e. The summed E-state index contributed by atoms with van der Waals surface area (Å²) in [7, 11) is 0. The van der Waals surface area contributed by atoms with Crippen molar-refractivity contribution in [1.82, 2.24) is 10.2 Å². The molecule has 0 unspecified atom stereocenters. The van der Waals surface area contributed by atoms with Gasteiger partial charge in [0.25, 0.3) is 0 Å². The Bertz CT molecular complexity index is 572. The summed E-state index contributed by atoms with van der Waals surface area (Å²) in [5.41, 5.74) is 8.03. The Hall–Kier alpha value is -1.62. The lowest BCUT2D eigenvalue weighted by Crippen LogP contribution is -2.13. The number of aryl methyl sites for hydroxylation is 1. The van der Waals surface area contributed by atoms with E-state index in [2.05, 4.69) is 50.0 Å². The third-order valence-corrected chi connectivity index (χ3v) is 3.50. The van der Waals surface area contributed by atoms with Gasteiger partial charge in [-0.05, 0) is 24.0 Å². The molecule has 0 aliphatic rings. The molecule has 0 spiro atoms. The van der Waals surface area contributed by atoms with E-state index in [0.717, 1.165) is 10.8 Å². The van der Waals surface area contributed by atoms with Gasteiger partial charge in [-0.15, -0.1) is 10.2 Å². The Labute approximate surface area is 117 Å². The zero-order valence-corrected chi connectivity index (χ0v) is 12.5. The van der Waals surface area contributed by atoms with Crippen LogP contribution in [0.15, 0.2) is 18.2 Å². The van der Waals surface area contributed by atoms with Gasteiger partial charge in [0, 0.05) is 0 Å². The lowest BCUT2D eigenvalue weighted by molar-refractivity contribution is 0.296. The number of hydrogen-bond acceptors (Lipinski definition) is 5. The van der Waals surface area contributed by atoms with Gasteiger partial charge in [-0.25, -0.2) is 0 Å². The highest BCUT2D eigenvalue weighted by atomic mass is 32.1. The zero-order valence-electron chi connectivity index (χ0n) is 11.7. The Morgan fingerprint density at radius 1 is 1.26 bits per heavy atom. The predicted octanol–water partition coefficient (Wildman–Crippen LogP) is 3.31. The van der Waals surface area contributed by atoms with Crippen LogP contribution < -0.4 is 10.5 Å². The zero-order chi connectivity index (χ0) is 14.0. The summed E-state index contributed by atoms with van der Waals surface area (Å²) in [6.45, 7) is 9.03. The number of benzene rings is 1. The number of hydrogen-bond donors (Lipinski definition) is 1. The van der Waals surface area contributed by atoms with Crippen molar-refractivity contribution in [2.45, 2.75) is 39.7 Å². The molecule has 2 rings (SSSR count). The average Bonchev–Trinajstić information content (AvgIpc) is 2.72. The maximum Gasteiger partial charge on any atom is 0.203 e. The second kappa shape index (κ2) is 5.17. The van der Waals surface area contributed by atoms with Crippen molar-refractivity contribution in [3.63, 3.8) is 0 Å². The molecule has 19 heavy (non-hydrogen) atoms. The van der Waals surface area contributed by atoms with E-state index in [4.69, 9.17) is 10.5 Å². The van der Waals surface area contributed by atoms with E-state index in [1.165, 1.54) is 22.5 Å². The molecule has 2 N–H and O–H groups in total. The van der Waals surface area contributed by atoms with E-state index in [1.54, 1.807) is 0 Å². The smallest absolute Gasteiger partial charge is 0.203 e. The molecule has 0 radical (unpaired) electrons. The van der Waals surface area contributed by atoms with Crippen LogP contribution in [-0.4, -0.2) is 10.2 Å². The molecule has 0 atom stereocenters. The first-order chi connectivity index (χ1) is 8.86. The van der Waals surface area contributed by atoms with Crippen LogP contribution >= 0.6 is 11.3 Å². The first kappa shape index (κ1) is 13.8. The van der Waals surface area contributed by atoms with Gasteiger partial charge in [-0.2, -0.15) is 0 Å². The summed E-state index contributed by atoms with van der Waals surface area (Å²) in [6.07, 6.45) is 0. The van der Waals surface area contributed by atoms with Crippen LogP contribution in [0.1, 0.15) is 36.9 Å².